The lowest BCUT2D eigenvalue weighted by atomic mass is 10.00. The lowest BCUT2D eigenvalue weighted by molar-refractivity contribution is -0.137. The van der Waals surface area contributed by atoms with Gasteiger partial charge in [0.05, 0.1) is 11.7 Å². The molecule has 4 rings (SSSR count). The van der Waals surface area contributed by atoms with Crippen LogP contribution in [-0.2, 0) is 17.4 Å². The van der Waals surface area contributed by atoms with Crippen LogP contribution in [0.3, 0.4) is 0 Å². The van der Waals surface area contributed by atoms with Crippen molar-refractivity contribution in [3.63, 3.8) is 0 Å². The minimum atomic E-state index is -4.32. The number of nitrogens with one attached hydrogen (secondary N) is 1. The molecule has 2 aromatic rings. The molecule has 2 aliphatic heterocycles. The zero-order valence-corrected chi connectivity index (χ0v) is 17.6. The maximum atomic E-state index is 12.7. The Bertz CT molecular complexity index is 981. The number of piperazine rings is 1. The summed E-state index contributed by atoms with van der Waals surface area (Å²) in [5.41, 5.74) is 3.07. The van der Waals surface area contributed by atoms with Crippen molar-refractivity contribution in [1.82, 2.24) is 4.90 Å². The molecule has 0 radical (unpaired) electrons. The van der Waals surface area contributed by atoms with E-state index in [-0.39, 0.29) is 5.91 Å². The summed E-state index contributed by atoms with van der Waals surface area (Å²) in [6, 6.07) is 11.1. The molecule has 2 N–H and O–H groups in total. The van der Waals surface area contributed by atoms with Gasteiger partial charge in [-0.05, 0) is 53.9 Å². The SMILES string of the molecule is O=C1CCc2cc(C=CC(O)CN3CCN(c4ccc(C(F)(F)F)cc4)CC3)ccc2N1. The number of hydrogen-bond donors (Lipinski definition) is 2. The molecule has 0 saturated carbocycles. The van der Waals surface area contributed by atoms with Gasteiger partial charge in [0.1, 0.15) is 0 Å². The maximum absolute atomic E-state index is 12.7. The molecule has 1 saturated heterocycles. The maximum Gasteiger partial charge on any atom is 0.416 e. The summed E-state index contributed by atoms with van der Waals surface area (Å²) in [5.74, 6) is 0.0367. The number of rotatable bonds is 5. The van der Waals surface area contributed by atoms with Crippen molar-refractivity contribution in [2.24, 2.45) is 0 Å². The first-order chi connectivity index (χ1) is 15.3. The smallest absolute Gasteiger partial charge is 0.388 e. The van der Waals surface area contributed by atoms with Gasteiger partial charge in [-0.3, -0.25) is 9.69 Å². The number of carbonyl (C=O) groups is 1. The Balaban J connectivity index is 1.26. The number of alkyl halides is 3. The van der Waals surface area contributed by atoms with Crippen molar-refractivity contribution in [3.05, 3.63) is 65.2 Å². The molecule has 0 aromatic heterocycles. The Hall–Kier alpha value is -2.84. The van der Waals surface area contributed by atoms with E-state index in [2.05, 4.69) is 15.1 Å². The van der Waals surface area contributed by atoms with Gasteiger partial charge >= 0.3 is 6.18 Å². The molecule has 5 nitrogen and oxygen atoms in total. The predicted octanol–water partition coefficient (Wildman–Crippen LogP) is 3.79. The number of nitrogens with zero attached hydrogens (tertiary/aromatic N) is 2. The van der Waals surface area contributed by atoms with E-state index < -0.39 is 17.8 Å². The van der Waals surface area contributed by atoms with Gasteiger partial charge < -0.3 is 15.3 Å². The van der Waals surface area contributed by atoms with Gasteiger partial charge in [0, 0.05) is 50.5 Å². The highest BCUT2D eigenvalue weighted by Crippen LogP contribution is 2.30. The average Bonchev–Trinajstić information content (AvgIpc) is 2.78. The van der Waals surface area contributed by atoms with Crippen LogP contribution in [0.5, 0.6) is 0 Å². The first-order valence-corrected chi connectivity index (χ1v) is 10.7. The van der Waals surface area contributed by atoms with Gasteiger partial charge in [0.25, 0.3) is 0 Å². The zero-order valence-electron chi connectivity index (χ0n) is 17.6. The van der Waals surface area contributed by atoms with Gasteiger partial charge in [-0.2, -0.15) is 13.2 Å². The van der Waals surface area contributed by atoms with Crippen LogP contribution < -0.4 is 10.2 Å². The highest BCUT2D eigenvalue weighted by molar-refractivity contribution is 5.94. The van der Waals surface area contributed by atoms with Crippen LogP contribution in [0.4, 0.5) is 24.5 Å². The third-order valence-corrected chi connectivity index (χ3v) is 5.91. The fourth-order valence-corrected chi connectivity index (χ4v) is 4.10. The minimum absolute atomic E-state index is 0.0367. The van der Waals surface area contributed by atoms with Crippen LogP contribution in [0.2, 0.25) is 0 Å². The van der Waals surface area contributed by atoms with E-state index >= 15 is 0 Å². The summed E-state index contributed by atoms with van der Waals surface area (Å²) in [6.45, 7) is 3.34. The number of fused-ring (bicyclic) bond motifs is 1. The molecule has 32 heavy (non-hydrogen) atoms. The summed E-state index contributed by atoms with van der Waals surface area (Å²) in [7, 11) is 0. The fraction of sp³-hybridized carbons (Fsp3) is 0.375. The van der Waals surface area contributed by atoms with Crippen LogP contribution in [-0.4, -0.2) is 54.7 Å². The van der Waals surface area contributed by atoms with E-state index in [0.717, 1.165) is 47.7 Å². The Labute approximate surface area is 185 Å². The molecule has 170 valence electrons. The van der Waals surface area contributed by atoms with Crippen molar-refractivity contribution in [2.75, 3.05) is 42.9 Å². The first-order valence-electron chi connectivity index (χ1n) is 10.7. The number of β-amino-alcohol motifs (C(OH)–C–C–N with tert-alkyl or cyclic N) is 1. The Morgan fingerprint density at radius 1 is 1.03 bits per heavy atom. The number of hydrogen-bond acceptors (Lipinski definition) is 4. The van der Waals surface area contributed by atoms with Gasteiger partial charge in [0.15, 0.2) is 0 Å². The second-order valence-electron chi connectivity index (χ2n) is 8.22. The van der Waals surface area contributed by atoms with Crippen LogP contribution >= 0.6 is 0 Å². The molecule has 2 aromatic carbocycles. The number of aryl methyl sites for hydroxylation is 1. The normalized spacial score (nSPS) is 18.5. The molecule has 1 unspecified atom stereocenters. The molecule has 1 fully saturated rings. The molecule has 2 aliphatic rings. The number of amides is 1. The molecule has 1 atom stereocenters. The average molecular weight is 445 g/mol. The largest absolute Gasteiger partial charge is 0.416 e. The third-order valence-electron chi connectivity index (χ3n) is 5.91. The van der Waals surface area contributed by atoms with Gasteiger partial charge in [-0.25, -0.2) is 0 Å². The van der Waals surface area contributed by atoms with Crippen molar-refractivity contribution in [2.45, 2.75) is 25.1 Å². The molecular formula is C24H26F3N3O2. The number of benzene rings is 2. The number of carbonyl (C=O) groups excluding carboxylic acids is 1. The molecule has 0 aliphatic carbocycles. The molecule has 0 bridgehead atoms. The Kier molecular flexibility index (Phi) is 6.53. The van der Waals surface area contributed by atoms with Crippen molar-refractivity contribution in [3.8, 4) is 0 Å². The summed E-state index contributed by atoms with van der Waals surface area (Å²) in [4.78, 5) is 15.7. The third kappa shape index (κ3) is 5.49. The molecule has 1 amide bonds. The second kappa shape index (κ2) is 9.34. The quantitative estimate of drug-likeness (QED) is 0.736. The van der Waals surface area contributed by atoms with Crippen LogP contribution in [0, 0.1) is 0 Å². The zero-order chi connectivity index (χ0) is 22.7. The van der Waals surface area contributed by atoms with Gasteiger partial charge in [0.2, 0.25) is 5.91 Å². The summed E-state index contributed by atoms with van der Waals surface area (Å²) in [6.07, 6.45) is -0.0832. The number of halogens is 3. The van der Waals surface area contributed by atoms with E-state index in [9.17, 15) is 23.1 Å². The topological polar surface area (TPSA) is 55.8 Å². The molecule has 2 heterocycles. The van der Waals surface area contributed by atoms with Crippen molar-refractivity contribution >= 4 is 23.4 Å². The molecular weight excluding hydrogens is 419 g/mol. The van der Waals surface area contributed by atoms with Crippen LogP contribution in [0.15, 0.2) is 48.5 Å². The van der Waals surface area contributed by atoms with Crippen molar-refractivity contribution < 1.29 is 23.1 Å². The van der Waals surface area contributed by atoms with Crippen molar-refractivity contribution in [1.29, 1.82) is 0 Å². The van der Waals surface area contributed by atoms with Gasteiger partial charge in [-0.1, -0.05) is 18.2 Å². The Morgan fingerprint density at radius 3 is 2.44 bits per heavy atom. The molecule has 8 heteroatoms. The Morgan fingerprint density at radius 2 is 1.75 bits per heavy atom. The number of aliphatic hydroxyl groups excluding tert-OH is 1. The first kappa shape index (κ1) is 22.4. The highest BCUT2D eigenvalue weighted by Gasteiger charge is 2.30. The highest BCUT2D eigenvalue weighted by atomic mass is 19.4. The van der Waals surface area contributed by atoms with E-state index in [1.54, 1.807) is 6.08 Å². The van der Waals surface area contributed by atoms with Crippen LogP contribution in [0.25, 0.3) is 6.08 Å². The summed E-state index contributed by atoms with van der Waals surface area (Å²) in [5, 5.41) is 13.3. The van der Waals surface area contributed by atoms with Crippen LogP contribution in [0.1, 0.15) is 23.1 Å². The summed E-state index contributed by atoms with van der Waals surface area (Å²) >= 11 is 0. The van der Waals surface area contributed by atoms with E-state index in [1.165, 1.54) is 12.1 Å². The monoisotopic (exact) mass is 445 g/mol. The van der Waals surface area contributed by atoms with E-state index in [1.807, 2.05) is 24.3 Å². The fourth-order valence-electron chi connectivity index (χ4n) is 4.10. The van der Waals surface area contributed by atoms with Gasteiger partial charge in [-0.15, -0.1) is 0 Å². The molecule has 0 spiro atoms. The number of anilines is 2. The minimum Gasteiger partial charge on any atom is -0.388 e. The van der Waals surface area contributed by atoms with E-state index in [0.29, 0.717) is 32.5 Å². The van der Waals surface area contributed by atoms with E-state index in [4.69, 9.17) is 0 Å². The standard InChI is InChI=1S/C24H26F3N3O2/c25-24(26,27)19-4-6-20(7-5-19)30-13-11-29(12-14-30)16-21(31)8-1-17-2-9-22-18(15-17)3-10-23(32)28-22/h1-2,4-9,15,21,31H,3,10-14,16H2,(H,28,32). The predicted molar refractivity (Wildman–Crippen MR) is 119 cm³/mol. The lowest BCUT2D eigenvalue weighted by Gasteiger charge is -2.36. The lowest BCUT2D eigenvalue weighted by Crippen LogP contribution is -2.48. The summed E-state index contributed by atoms with van der Waals surface area (Å²) < 4.78 is 38.2. The second-order valence-corrected chi connectivity index (χ2v) is 8.22. The number of aliphatic hydroxyl groups is 1.